The van der Waals surface area contributed by atoms with Gasteiger partial charge < -0.3 is 34.1 Å². The van der Waals surface area contributed by atoms with E-state index in [1.54, 1.807) is 7.11 Å². The Morgan fingerprint density at radius 3 is 1.82 bits per heavy atom. The summed E-state index contributed by atoms with van der Waals surface area (Å²) in [5.41, 5.74) is 10.8. The first-order chi connectivity index (χ1) is 29.3. The van der Waals surface area contributed by atoms with Gasteiger partial charge in [-0.25, -0.2) is 4.98 Å². The van der Waals surface area contributed by atoms with E-state index in [2.05, 4.69) is 109 Å². The smallest absolute Gasteiger partial charge is 0.247 e. The maximum atomic E-state index is 7.17. The zero-order chi connectivity index (χ0) is 44.5. The van der Waals surface area contributed by atoms with Gasteiger partial charge >= 0.3 is 0 Å². The standard InChI is InChI=1S/C49H64N6O5Si2/c1-47(2,3)61(8,9)58-33-40-39(60-62(10,11)48(4,5)6)31-41(59-40)55-43-42(51-45(55)50)44(57-32-34-21-15-12-16-22-34)53-46(52-43)54-49(35-23-17-13-18-24-35,36-25-19-14-20-26-36)37-27-29-38(56-7)30-28-37/h12-30,39-41H,31-33H2,1-11H3,(H2,50,51)(H,52,53,54)/t39-,40+,41+/m0/s1. The van der Waals surface area contributed by atoms with Crippen LogP contribution in [0.3, 0.4) is 0 Å². The molecular formula is C49H64N6O5Si2. The van der Waals surface area contributed by atoms with Crippen LogP contribution in [0.1, 0.15) is 76.4 Å². The fraction of sp³-hybridized carbons (Fsp3) is 0.408. The van der Waals surface area contributed by atoms with Gasteiger partial charge in [0, 0.05) is 6.42 Å². The zero-order valence-electron chi connectivity index (χ0n) is 38.2. The van der Waals surface area contributed by atoms with Crippen LogP contribution in [-0.2, 0) is 25.7 Å². The normalized spacial score (nSPS) is 17.6. The van der Waals surface area contributed by atoms with Crippen LogP contribution >= 0.6 is 0 Å². The molecule has 0 aliphatic carbocycles. The van der Waals surface area contributed by atoms with Gasteiger partial charge in [0.2, 0.25) is 17.8 Å². The minimum absolute atomic E-state index is 0.0106. The van der Waals surface area contributed by atoms with Gasteiger partial charge in [0.15, 0.2) is 27.8 Å². The average Bonchev–Trinajstić information content (AvgIpc) is 3.79. The fourth-order valence-electron chi connectivity index (χ4n) is 7.43. The largest absolute Gasteiger partial charge is 0.497 e. The molecule has 7 rings (SSSR count). The van der Waals surface area contributed by atoms with Crippen molar-refractivity contribution in [3.05, 3.63) is 138 Å². The number of imidazole rings is 1. The highest BCUT2D eigenvalue weighted by atomic mass is 28.4. The van der Waals surface area contributed by atoms with Gasteiger partial charge in [0.05, 0.1) is 19.8 Å². The van der Waals surface area contributed by atoms with Crippen molar-refractivity contribution >= 4 is 39.7 Å². The van der Waals surface area contributed by atoms with Crippen LogP contribution in [0.15, 0.2) is 115 Å². The van der Waals surface area contributed by atoms with Crippen LogP contribution in [-0.4, -0.2) is 62.1 Å². The number of aromatic nitrogens is 4. The lowest BCUT2D eigenvalue weighted by molar-refractivity contribution is -0.0376. The molecule has 3 atom stereocenters. The Kier molecular flexibility index (Phi) is 12.8. The van der Waals surface area contributed by atoms with Crippen molar-refractivity contribution in [2.24, 2.45) is 0 Å². The number of nitrogens with one attached hydrogen (secondary N) is 1. The van der Waals surface area contributed by atoms with E-state index in [9.17, 15) is 0 Å². The highest BCUT2D eigenvalue weighted by molar-refractivity contribution is 6.74. The number of nitrogens with two attached hydrogens (primary N) is 1. The second-order valence-electron chi connectivity index (χ2n) is 19.3. The van der Waals surface area contributed by atoms with Crippen molar-refractivity contribution < 1.29 is 23.1 Å². The van der Waals surface area contributed by atoms with Crippen LogP contribution in [0.2, 0.25) is 36.3 Å². The molecule has 0 unspecified atom stereocenters. The van der Waals surface area contributed by atoms with Crippen LogP contribution in [0, 0.1) is 0 Å². The van der Waals surface area contributed by atoms with E-state index in [0.29, 0.717) is 36.0 Å². The lowest BCUT2D eigenvalue weighted by Gasteiger charge is -2.40. The molecule has 3 heterocycles. The van der Waals surface area contributed by atoms with Crippen molar-refractivity contribution in [2.45, 2.75) is 115 Å². The number of ether oxygens (including phenoxy) is 3. The van der Waals surface area contributed by atoms with Crippen LogP contribution in [0.4, 0.5) is 11.9 Å². The number of fused-ring (bicyclic) bond motifs is 1. The maximum absolute atomic E-state index is 7.17. The van der Waals surface area contributed by atoms with Crippen molar-refractivity contribution in [3.63, 3.8) is 0 Å². The molecule has 11 nitrogen and oxygen atoms in total. The first-order valence-electron chi connectivity index (χ1n) is 21.6. The molecule has 1 saturated heterocycles. The number of hydrogen-bond donors (Lipinski definition) is 2. The van der Waals surface area contributed by atoms with Gasteiger partial charge in [-0.15, -0.1) is 0 Å². The SMILES string of the molecule is COc1ccc(C(Nc2nc(OCc3ccccc3)c3nc(N)n([C@H]4C[C@H](O[Si](C)(C)C(C)(C)C)[C@@H](CO[Si](C)(C)C(C)(C)C)O4)c3n2)(c2ccccc2)c2ccccc2)cc1. The highest BCUT2D eigenvalue weighted by Gasteiger charge is 2.47. The summed E-state index contributed by atoms with van der Waals surface area (Å²) in [6.45, 7) is 23.3. The minimum atomic E-state index is -2.24. The van der Waals surface area contributed by atoms with E-state index in [-0.39, 0.29) is 34.8 Å². The maximum Gasteiger partial charge on any atom is 0.247 e. The molecular weight excluding hydrogens is 809 g/mol. The van der Waals surface area contributed by atoms with Gasteiger partial charge in [0.25, 0.3) is 0 Å². The first-order valence-corrected chi connectivity index (χ1v) is 27.4. The second-order valence-corrected chi connectivity index (χ2v) is 28.9. The molecule has 62 heavy (non-hydrogen) atoms. The Balaban J connectivity index is 1.38. The summed E-state index contributed by atoms with van der Waals surface area (Å²) >= 11 is 0. The monoisotopic (exact) mass is 872 g/mol. The molecule has 0 spiro atoms. The second kappa shape index (κ2) is 17.6. The Labute approximate surface area is 369 Å². The molecule has 1 aliphatic rings. The number of methoxy groups -OCH3 is 1. The Bertz CT molecular complexity index is 2380. The quantitative estimate of drug-likeness (QED) is 0.0760. The summed E-state index contributed by atoms with van der Waals surface area (Å²) in [6, 6.07) is 38.7. The third kappa shape index (κ3) is 9.18. The molecule has 4 aromatic carbocycles. The molecule has 1 aliphatic heterocycles. The molecule has 1 fully saturated rings. The summed E-state index contributed by atoms with van der Waals surface area (Å²) in [7, 11) is -2.69. The number of anilines is 2. The van der Waals surface area contributed by atoms with E-state index in [1.165, 1.54) is 0 Å². The van der Waals surface area contributed by atoms with Crippen molar-refractivity contribution in [1.82, 2.24) is 19.5 Å². The molecule has 0 radical (unpaired) electrons. The minimum Gasteiger partial charge on any atom is -0.497 e. The summed E-state index contributed by atoms with van der Waals surface area (Å²) in [5, 5.41) is 3.87. The summed E-state index contributed by atoms with van der Waals surface area (Å²) in [4.78, 5) is 15.3. The van der Waals surface area contributed by atoms with Crippen LogP contribution in [0.25, 0.3) is 11.2 Å². The Hall–Kier alpha value is -5.06. The van der Waals surface area contributed by atoms with Crippen molar-refractivity contribution in [1.29, 1.82) is 0 Å². The lowest BCUT2D eigenvalue weighted by atomic mass is 9.77. The molecule has 3 N–H and O–H groups in total. The third-order valence-corrected chi connectivity index (χ3v) is 22.1. The number of nitrogen functional groups attached to an aromatic ring is 1. The number of rotatable bonds is 15. The van der Waals surface area contributed by atoms with Crippen molar-refractivity contribution in [2.75, 3.05) is 24.8 Å². The molecule has 13 heteroatoms. The highest BCUT2D eigenvalue weighted by Crippen LogP contribution is 2.45. The van der Waals surface area contributed by atoms with Crippen molar-refractivity contribution in [3.8, 4) is 11.6 Å². The van der Waals surface area contributed by atoms with E-state index >= 15 is 0 Å². The summed E-state index contributed by atoms with van der Waals surface area (Å²) < 4.78 is 35.1. The molecule has 0 saturated carbocycles. The third-order valence-electron chi connectivity index (χ3n) is 13.1. The first kappa shape index (κ1) is 45.0. The van der Waals surface area contributed by atoms with Gasteiger partial charge in [-0.1, -0.05) is 145 Å². The predicted octanol–water partition coefficient (Wildman–Crippen LogP) is 11.1. The Morgan fingerprint density at radius 2 is 1.27 bits per heavy atom. The lowest BCUT2D eigenvalue weighted by Crippen LogP contribution is -2.48. The summed E-state index contributed by atoms with van der Waals surface area (Å²) in [5.74, 6) is 1.60. The number of benzene rings is 4. The zero-order valence-corrected chi connectivity index (χ0v) is 40.2. The predicted molar refractivity (Wildman–Crippen MR) is 254 cm³/mol. The van der Waals surface area contributed by atoms with Gasteiger partial charge in [0.1, 0.15) is 30.2 Å². The van der Waals surface area contributed by atoms with E-state index < -0.39 is 28.4 Å². The number of nitrogens with zero attached hydrogens (tertiary/aromatic N) is 4. The van der Waals surface area contributed by atoms with Gasteiger partial charge in [-0.3, -0.25) is 4.57 Å². The molecule has 328 valence electrons. The summed E-state index contributed by atoms with van der Waals surface area (Å²) in [6.07, 6.45) is -0.603. The van der Waals surface area contributed by atoms with Gasteiger partial charge in [-0.05, 0) is 70.7 Å². The molecule has 2 aromatic heterocycles. The van der Waals surface area contributed by atoms with Crippen LogP contribution < -0.4 is 20.5 Å². The van der Waals surface area contributed by atoms with Crippen LogP contribution in [0.5, 0.6) is 11.6 Å². The molecule has 6 aromatic rings. The topological polar surface area (TPSA) is 128 Å². The van der Waals surface area contributed by atoms with E-state index in [1.807, 2.05) is 83.4 Å². The Morgan fingerprint density at radius 1 is 0.726 bits per heavy atom. The fourth-order valence-corrected chi connectivity index (χ4v) is 9.80. The molecule has 0 amide bonds. The average molecular weight is 873 g/mol. The number of hydrogen-bond acceptors (Lipinski definition) is 10. The van der Waals surface area contributed by atoms with E-state index in [4.69, 9.17) is 43.7 Å². The molecule has 0 bridgehead atoms. The van der Waals surface area contributed by atoms with Gasteiger partial charge in [-0.2, -0.15) is 9.97 Å². The van der Waals surface area contributed by atoms with E-state index in [0.717, 1.165) is 28.0 Å².